The van der Waals surface area contributed by atoms with Crippen molar-refractivity contribution >= 4 is 27.6 Å². The zero-order valence-corrected chi connectivity index (χ0v) is 19.2. The van der Waals surface area contributed by atoms with E-state index in [0.717, 1.165) is 12.8 Å². The maximum atomic E-state index is 13.2. The first-order valence-electron chi connectivity index (χ1n) is 9.82. The topological polar surface area (TPSA) is 134 Å². The van der Waals surface area contributed by atoms with Gasteiger partial charge in [-0.25, -0.2) is 23.4 Å². The summed E-state index contributed by atoms with van der Waals surface area (Å²) in [5, 5.41) is 7.61. The SMILES string of the molecule is COc1cccc(-c2nnc(NS(=O)(=O)C(C)C(OC)c3ncc(Cl)cn3)n2C2CC2)n1. The van der Waals surface area contributed by atoms with Gasteiger partial charge in [0.25, 0.3) is 0 Å². The summed E-state index contributed by atoms with van der Waals surface area (Å²) in [5.41, 5.74) is 0.534. The molecule has 2 atom stereocenters. The molecule has 170 valence electrons. The van der Waals surface area contributed by atoms with Crippen LogP contribution >= 0.6 is 11.6 Å². The Balaban J connectivity index is 1.64. The van der Waals surface area contributed by atoms with E-state index in [1.165, 1.54) is 33.5 Å². The number of sulfonamides is 1. The molecule has 3 aromatic rings. The molecular formula is C19H22ClN7O4S. The average molecular weight is 480 g/mol. The average Bonchev–Trinajstić information content (AvgIpc) is 3.55. The zero-order valence-electron chi connectivity index (χ0n) is 17.6. The van der Waals surface area contributed by atoms with E-state index >= 15 is 0 Å². The first-order chi connectivity index (χ1) is 15.3. The van der Waals surface area contributed by atoms with Crippen LogP contribution in [-0.4, -0.2) is 57.6 Å². The number of aromatic nitrogens is 6. The number of nitrogens with zero attached hydrogens (tertiary/aromatic N) is 6. The summed E-state index contributed by atoms with van der Waals surface area (Å²) >= 11 is 5.83. The second kappa shape index (κ2) is 8.96. The fourth-order valence-electron chi connectivity index (χ4n) is 3.23. The molecule has 0 amide bonds. The standard InChI is InChI=1S/C19H22ClN7O4S/c1-11(16(31-3)17-21-9-12(20)10-22-17)32(28,29)26-19-25-24-18(27(19)13-7-8-13)14-5-4-6-15(23-14)30-2/h4-6,9-11,13,16H,7-8H2,1-3H3,(H,25,26). The van der Waals surface area contributed by atoms with Gasteiger partial charge in [-0.2, -0.15) is 0 Å². The van der Waals surface area contributed by atoms with Gasteiger partial charge in [-0.15, -0.1) is 10.2 Å². The first kappa shape index (κ1) is 22.4. The van der Waals surface area contributed by atoms with E-state index in [4.69, 9.17) is 21.1 Å². The lowest BCUT2D eigenvalue weighted by Gasteiger charge is -2.22. The van der Waals surface area contributed by atoms with E-state index in [0.29, 0.717) is 22.4 Å². The smallest absolute Gasteiger partial charge is 0.240 e. The van der Waals surface area contributed by atoms with Gasteiger partial charge in [0.2, 0.25) is 21.9 Å². The Morgan fingerprint density at radius 2 is 1.91 bits per heavy atom. The summed E-state index contributed by atoms with van der Waals surface area (Å²) < 4.78 is 41.3. The lowest BCUT2D eigenvalue weighted by atomic mass is 10.2. The van der Waals surface area contributed by atoms with Crippen molar-refractivity contribution in [1.82, 2.24) is 29.7 Å². The minimum absolute atomic E-state index is 0.0822. The summed E-state index contributed by atoms with van der Waals surface area (Å²) in [6.45, 7) is 1.51. The molecule has 0 radical (unpaired) electrons. The van der Waals surface area contributed by atoms with Crippen molar-refractivity contribution in [2.75, 3.05) is 18.9 Å². The maximum absolute atomic E-state index is 13.2. The molecule has 1 N–H and O–H groups in total. The van der Waals surface area contributed by atoms with Crippen molar-refractivity contribution in [2.24, 2.45) is 0 Å². The fraction of sp³-hybridized carbons (Fsp3) is 0.421. The van der Waals surface area contributed by atoms with Gasteiger partial charge < -0.3 is 9.47 Å². The van der Waals surface area contributed by atoms with Crippen molar-refractivity contribution < 1.29 is 17.9 Å². The molecule has 13 heteroatoms. The monoisotopic (exact) mass is 479 g/mol. The summed E-state index contributed by atoms with van der Waals surface area (Å²) in [6.07, 6.45) is 3.64. The van der Waals surface area contributed by atoms with Crippen LogP contribution in [0.25, 0.3) is 11.5 Å². The summed E-state index contributed by atoms with van der Waals surface area (Å²) in [5.74, 6) is 1.21. The number of ether oxygens (including phenoxy) is 2. The van der Waals surface area contributed by atoms with Crippen molar-refractivity contribution in [3.05, 3.63) is 41.4 Å². The largest absolute Gasteiger partial charge is 0.481 e. The Morgan fingerprint density at radius 1 is 1.19 bits per heavy atom. The lowest BCUT2D eigenvalue weighted by Crippen LogP contribution is -2.33. The highest BCUT2D eigenvalue weighted by Crippen LogP contribution is 2.40. The molecule has 0 spiro atoms. The van der Waals surface area contributed by atoms with Crippen LogP contribution in [0.5, 0.6) is 5.88 Å². The number of rotatable bonds is 9. The van der Waals surface area contributed by atoms with Crippen LogP contribution in [0.2, 0.25) is 5.02 Å². The number of anilines is 1. The first-order valence-corrected chi connectivity index (χ1v) is 11.7. The number of nitrogens with one attached hydrogen (secondary N) is 1. The number of hydrogen-bond donors (Lipinski definition) is 1. The number of hydrogen-bond acceptors (Lipinski definition) is 9. The molecule has 1 aliphatic rings. The molecule has 3 aromatic heterocycles. The number of methoxy groups -OCH3 is 2. The second-order valence-corrected chi connectivity index (χ2v) is 9.76. The van der Waals surface area contributed by atoms with E-state index in [1.807, 2.05) is 0 Å². The minimum Gasteiger partial charge on any atom is -0.481 e. The predicted octanol–water partition coefficient (Wildman–Crippen LogP) is 2.64. The molecule has 32 heavy (non-hydrogen) atoms. The van der Waals surface area contributed by atoms with Gasteiger partial charge in [0.15, 0.2) is 11.6 Å². The molecule has 0 aliphatic heterocycles. The maximum Gasteiger partial charge on any atom is 0.240 e. The van der Waals surface area contributed by atoms with Crippen molar-refractivity contribution in [3.8, 4) is 17.4 Å². The Bertz CT molecular complexity index is 1200. The molecule has 11 nitrogen and oxygen atoms in total. The third kappa shape index (κ3) is 4.52. The van der Waals surface area contributed by atoms with Crippen LogP contribution in [-0.2, 0) is 14.8 Å². The van der Waals surface area contributed by atoms with Crippen LogP contribution < -0.4 is 9.46 Å². The van der Waals surface area contributed by atoms with E-state index in [9.17, 15) is 8.42 Å². The van der Waals surface area contributed by atoms with Crippen LogP contribution in [0, 0.1) is 0 Å². The van der Waals surface area contributed by atoms with Gasteiger partial charge in [0.05, 0.1) is 12.1 Å². The van der Waals surface area contributed by atoms with Gasteiger partial charge >= 0.3 is 0 Å². The van der Waals surface area contributed by atoms with Gasteiger partial charge in [-0.3, -0.25) is 9.29 Å². The molecule has 1 saturated carbocycles. The molecule has 0 bridgehead atoms. The Morgan fingerprint density at radius 3 is 2.53 bits per heavy atom. The summed E-state index contributed by atoms with van der Waals surface area (Å²) in [4.78, 5) is 12.6. The van der Waals surface area contributed by atoms with Crippen LogP contribution in [0.15, 0.2) is 30.6 Å². The highest BCUT2D eigenvalue weighted by Gasteiger charge is 2.36. The van der Waals surface area contributed by atoms with Gasteiger partial charge in [-0.05, 0) is 25.8 Å². The van der Waals surface area contributed by atoms with Crippen LogP contribution in [0.4, 0.5) is 5.95 Å². The fourth-order valence-corrected chi connectivity index (χ4v) is 4.46. The number of pyridine rings is 1. The van der Waals surface area contributed by atoms with E-state index in [-0.39, 0.29) is 17.8 Å². The summed E-state index contributed by atoms with van der Waals surface area (Å²) in [6, 6.07) is 5.36. The highest BCUT2D eigenvalue weighted by molar-refractivity contribution is 7.93. The van der Waals surface area contributed by atoms with Crippen LogP contribution in [0.1, 0.15) is 37.7 Å². The molecule has 1 aliphatic carbocycles. The predicted molar refractivity (Wildman–Crippen MR) is 117 cm³/mol. The quantitative estimate of drug-likeness (QED) is 0.491. The molecule has 0 aromatic carbocycles. The molecule has 4 rings (SSSR count). The van der Waals surface area contributed by atoms with E-state index in [1.54, 1.807) is 22.8 Å². The third-order valence-electron chi connectivity index (χ3n) is 5.07. The second-order valence-electron chi connectivity index (χ2n) is 7.28. The zero-order chi connectivity index (χ0) is 22.9. The Kier molecular flexibility index (Phi) is 6.26. The lowest BCUT2D eigenvalue weighted by molar-refractivity contribution is 0.0950. The number of halogens is 1. The van der Waals surface area contributed by atoms with Gasteiger partial charge in [0, 0.05) is 31.6 Å². The summed E-state index contributed by atoms with van der Waals surface area (Å²) in [7, 11) is -1.03. The van der Waals surface area contributed by atoms with E-state index in [2.05, 4.69) is 29.9 Å². The highest BCUT2D eigenvalue weighted by atomic mass is 35.5. The Labute approximate surface area is 190 Å². The molecular weight excluding hydrogens is 458 g/mol. The van der Waals surface area contributed by atoms with E-state index < -0.39 is 21.4 Å². The molecule has 1 fully saturated rings. The molecule has 2 unspecified atom stereocenters. The van der Waals surface area contributed by atoms with Crippen molar-refractivity contribution in [2.45, 2.75) is 37.2 Å². The normalized spacial score (nSPS) is 15.9. The molecule has 0 saturated heterocycles. The molecule has 3 heterocycles. The third-order valence-corrected chi connectivity index (χ3v) is 6.96. The van der Waals surface area contributed by atoms with Gasteiger partial charge in [-0.1, -0.05) is 17.7 Å². The Hall–Kier alpha value is -2.83. The van der Waals surface area contributed by atoms with Crippen molar-refractivity contribution in [1.29, 1.82) is 0 Å². The van der Waals surface area contributed by atoms with Crippen LogP contribution in [0.3, 0.4) is 0 Å². The minimum atomic E-state index is -3.95. The van der Waals surface area contributed by atoms with Gasteiger partial charge in [0.1, 0.15) is 17.0 Å². The van der Waals surface area contributed by atoms with Crippen molar-refractivity contribution in [3.63, 3.8) is 0 Å².